The molecule has 3 nitrogen and oxygen atoms in total. The van der Waals surface area contributed by atoms with Crippen LogP contribution in [0.1, 0.15) is 25.7 Å². The molecule has 0 amide bonds. The molecule has 106 valence electrons. The van der Waals surface area contributed by atoms with Crippen LogP contribution in [0.25, 0.3) is 0 Å². The lowest BCUT2D eigenvalue weighted by Crippen LogP contribution is -2.46. The van der Waals surface area contributed by atoms with Crippen molar-refractivity contribution in [1.29, 1.82) is 0 Å². The lowest BCUT2D eigenvalue weighted by molar-refractivity contribution is 0.00796. The van der Waals surface area contributed by atoms with E-state index in [1.165, 1.54) is 6.07 Å². The molecule has 5 heteroatoms. The Hall–Kier alpha value is -0.650. The van der Waals surface area contributed by atoms with E-state index >= 15 is 0 Å². The predicted octanol–water partition coefficient (Wildman–Crippen LogP) is 2.66. The Balaban J connectivity index is 2.09. The van der Waals surface area contributed by atoms with Gasteiger partial charge in [-0.15, -0.1) is 0 Å². The molecule has 0 bridgehead atoms. The highest BCUT2D eigenvalue weighted by atomic mass is 79.9. The molecule has 0 aromatic heterocycles. The Bertz CT molecular complexity index is 447. The normalized spacial score (nSPS) is 27.3. The van der Waals surface area contributed by atoms with Crippen LogP contribution in [0, 0.1) is 5.82 Å². The molecule has 2 rings (SSSR count). The minimum atomic E-state index is -0.729. The van der Waals surface area contributed by atoms with Crippen LogP contribution in [0.15, 0.2) is 22.7 Å². The van der Waals surface area contributed by atoms with E-state index in [-0.39, 0.29) is 11.9 Å². The Morgan fingerprint density at radius 3 is 2.68 bits per heavy atom. The van der Waals surface area contributed by atoms with E-state index in [2.05, 4.69) is 15.9 Å². The van der Waals surface area contributed by atoms with Crippen molar-refractivity contribution < 1.29 is 9.50 Å². The molecular weight excluding hydrogens is 311 g/mol. The number of nitrogens with two attached hydrogens (primary N) is 1. The standard InChI is InChI=1S/C14H20BrFN2O/c1-18(13-8-10(15)2-3-12(13)16)11-4-6-14(19,9-17)7-5-11/h2-3,8,11,19H,4-7,9,17H2,1H3. The van der Waals surface area contributed by atoms with E-state index in [9.17, 15) is 9.50 Å². The minimum absolute atomic E-state index is 0.217. The molecule has 19 heavy (non-hydrogen) atoms. The zero-order chi connectivity index (χ0) is 14.0. The average Bonchev–Trinajstić information content (AvgIpc) is 2.42. The Morgan fingerprint density at radius 2 is 2.11 bits per heavy atom. The van der Waals surface area contributed by atoms with Crippen LogP contribution in [0.3, 0.4) is 0 Å². The molecule has 0 radical (unpaired) electrons. The number of nitrogens with zero attached hydrogens (tertiary/aromatic N) is 1. The van der Waals surface area contributed by atoms with Gasteiger partial charge in [0.05, 0.1) is 11.3 Å². The highest BCUT2D eigenvalue weighted by molar-refractivity contribution is 9.10. The first-order valence-corrected chi connectivity index (χ1v) is 7.35. The maximum Gasteiger partial charge on any atom is 0.146 e. The predicted molar refractivity (Wildman–Crippen MR) is 78.8 cm³/mol. The van der Waals surface area contributed by atoms with Gasteiger partial charge in [-0.05, 0) is 43.9 Å². The molecule has 0 spiro atoms. The first-order valence-electron chi connectivity index (χ1n) is 6.55. The van der Waals surface area contributed by atoms with Gasteiger partial charge in [0.25, 0.3) is 0 Å². The molecule has 3 N–H and O–H groups in total. The monoisotopic (exact) mass is 330 g/mol. The summed E-state index contributed by atoms with van der Waals surface area (Å²) in [5.41, 5.74) is 5.45. The Kier molecular flexibility index (Phi) is 4.48. The van der Waals surface area contributed by atoms with Gasteiger partial charge in [0.1, 0.15) is 5.82 Å². The highest BCUT2D eigenvalue weighted by Crippen LogP contribution is 2.33. The van der Waals surface area contributed by atoms with Crippen molar-refractivity contribution in [3.8, 4) is 0 Å². The third kappa shape index (κ3) is 3.27. The Labute approximate surface area is 121 Å². The van der Waals surface area contributed by atoms with E-state index < -0.39 is 5.60 Å². The van der Waals surface area contributed by atoms with E-state index in [1.807, 2.05) is 11.9 Å². The summed E-state index contributed by atoms with van der Waals surface area (Å²) in [6.45, 7) is 0.300. The molecule has 0 atom stereocenters. The minimum Gasteiger partial charge on any atom is -0.389 e. The molecule has 1 aliphatic carbocycles. The molecule has 0 aliphatic heterocycles. The second kappa shape index (κ2) is 5.77. The van der Waals surface area contributed by atoms with Crippen LogP contribution >= 0.6 is 15.9 Å². The Morgan fingerprint density at radius 1 is 1.47 bits per heavy atom. The molecular formula is C14H20BrFN2O. The van der Waals surface area contributed by atoms with Crippen molar-refractivity contribution in [2.75, 3.05) is 18.5 Å². The third-order valence-corrected chi connectivity index (χ3v) is 4.59. The first kappa shape index (κ1) is 14.8. The molecule has 1 saturated carbocycles. The topological polar surface area (TPSA) is 49.5 Å². The van der Waals surface area contributed by atoms with E-state index in [1.54, 1.807) is 12.1 Å². The summed E-state index contributed by atoms with van der Waals surface area (Å²) in [5, 5.41) is 10.1. The average molecular weight is 331 g/mol. The van der Waals surface area contributed by atoms with Gasteiger partial charge in [0.2, 0.25) is 0 Å². The first-order chi connectivity index (χ1) is 8.95. The van der Waals surface area contributed by atoms with Gasteiger partial charge in [-0.2, -0.15) is 0 Å². The smallest absolute Gasteiger partial charge is 0.146 e. The van der Waals surface area contributed by atoms with Gasteiger partial charge in [-0.3, -0.25) is 0 Å². The van der Waals surface area contributed by atoms with Gasteiger partial charge in [-0.25, -0.2) is 4.39 Å². The van der Waals surface area contributed by atoms with Crippen molar-refractivity contribution in [1.82, 2.24) is 0 Å². The fourth-order valence-corrected chi connectivity index (χ4v) is 3.03. The van der Waals surface area contributed by atoms with Gasteiger partial charge in [-0.1, -0.05) is 15.9 Å². The maximum absolute atomic E-state index is 13.9. The number of benzene rings is 1. The maximum atomic E-state index is 13.9. The summed E-state index contributed by atoms with van der Waals surface area (Å²) in [6.07, 6.45) is 3.01. The quantitative estimate of drug-likeness (QED) is 0.895. The molecule has 1 aromatic carbocycles. The van der Waals surface area contributed by atoms with Crippen molar-refractivity contribution in [3.63, 3.8) is 0 Å². The van der Waals surface area contributed by atoms with Gasteiger partial charge < -0.3 is 15.7 Å². The molecule has 0 unspecified atom stereocenters. The number of aliphatic hydroxyl groups is 1. The summed E-state index contributed by atoms with van der Waals surface area (Å²) in [5.74, 6) is -0.217. The summed E-state index contributed by atoms with van der Waals surface area (Å²) < 4.78 is 14.7. The van der Waals surface area contributed by atoms with E-state index in [0.717, 1.165) is 17.3 Å². The van der Waals surface area contributed by atoms with Crippen LogP contribution < -0.4 is 10.6 Å². The summed E-state index contributed by atoms with van der Waals surface area (Å²) in [4.78, 5) is 1.97. The van der Waals surface area contributed by atoms with Crippen LogP contribution in [0.5, 0.6) is 0 Å². The fraction of sp³-hybridized carbons (Fsp3) is 0.571. The van der Waals surface area contributed by atoms with Crippen LogP contribution in [-0.4, -0.2) is 30.3 Å². The summed E-state index contributed by atoms with van der Waals surface area (Å²) in [7, 11) is 1.91. The van der Waals surface area contributed by atoms with Crippen LogP contribution in [0.2, 0.25) is 0 Å². The number of halogens is 2. The summed E-state index contributed by atoms with van der Waals surface area (Å²) >= 11 is 3.37. The van der Waals surface area contributed by atoms with Crippen LogP contribution in [0.4, 0.5) is 10.1 Å². The molecule has 0 heterocycles. The lowest BCUT2D eigenvalue weighted by Gasteiger charge is -2.40. The van der Waals surface area contributed by atoms with E-state index in [0.29, 0.717) is 25.1 Å². The molecule has 0 saturated heterocycles. The lowest BCUT2D eigenvalue weighted by atomic mass is 9.81. The van der Waals surface area contributed by atoms with Gasteiger partial charge in [0, 0.05) is 24.1 Å². The number of hydrogen-bond donors (Lipinski definition) is 2. The van der Waals surface area contributed by atoms with Crippen molar-refractivity contribution in [2.45, 2.75) is 37.3 Å². The second-order valence-corrected chi connectivity index (χ2v) is 6.28. The highest BCUT2D eigenvalue weighted by Gasteiger charge is 2.33. The number of hydrogen-bond acceptors (Lipinski definition) is 3. The number of rotatable bonds is 3. The number of anilines is 1. The van der Waals surface area contributed by atoms with E-state index in [4.69, 9.17) is 5.73 Å². The van der Waals surface area contributed by atoms with Gasteiger partial charge in [0.15, 0.2) is 0 Å². The largest absolute Gasteiger partial charge is 0.389 e. The molecule has 1 aromatic rings. The van der Waals surface area contributed by atoms with Crippen molar-refractivity contribution in [2.24, 2.45) is 5.73 Å². The van der Waals surface area contributed by atoms with Crippen molar-refractivity contribution >= 4 is 21.6 Å². The van der Waals surface area contributed by atoms with Crippen LogP contribution in [-0.2, 0) is 0 Å². The van der Waals surface area contributed by atoms with Crippen molar-refractivity contribution in [3.05, 3.63) is 28.5 Å². The second-order valence-electron chi connectivity index (χ2n) is 5.37. The van der Waals surface area contributed by atoms with Gasteiger partial charge >= 0.3 is 0 Å². The fourth-order valence-electron chi connectivity index (χ4n) is 2.68. The SMILES string of the molecule is CN(c1cc(Br)ccc1F)C1CCC(O)(CN)CC1. The zero-order valence-electron chi connectivity index (χ0n) is 11.1. The molecule has 1 fully saturated rings. The third-order valence-electron chi connectivity index (χ3n) is 4.10. The molecule has 1 aliphatic rings. The zero-order valence-corrected chi connectivity index (χ0v) is 12.7. The summed E-state index contributed by atoms with van der Waals surface area (Å²) in [6, 6.07) is 5.20.